The Morgan fingerprint density at radius 1 is 1.13 bits per heavy atom. The third-order valence-corrected chi connectivity index (χ3v) is 6.62. The van der Waals surface area contributed by atoms with Crippen molar-refractivity contribution in [1.82, 2.24) is 0 Å². The van der Waals surface area contributed by atoms with Crippen LogP contribution in [0, 0.1) is 11.7 Å². The van der Waals surface area contributed by atoms with E-state index in [-0.39, 0.29) is 30.2 Å². The highest BCUT2D eigenvalue weighted by molar-refractivity contribution is 7.19. The van der Waals surface area contributed by atoms with Crippen LogP contribution in [0.4, 0.5) is 4.39 Å². The first-order chi connectivity index (χ1) is 14.5. The Labute approximate surface area is 178 Å². The van der Waals surface area contributed by atoms with E-state index in [4.69, 9.17) is 18.9 Å². The molecule has 0 aliphatic heterocycles. The van der Waals surface area contributed by atoms with Gasteiger partial charge in [-0.3, -0.25) is 4.79 Å². The predicted molar refractivity (Wildman–Crippen MR) is 113 cm³/mol. The average molecular weight is 430 g/mol. The molecule has 1 aliphatic carbocycles. The third kappa shape index (κ3) is 4.07. The molecule has 2 atom stereocenters. The molecule has 1 heterocycles. The van der Waals surface area contributed by atoms with Gasteiger partial charge in [-0.25, -0.2) is 4.39 Å². The highest BCUT2D eigenvalue weighted by atomic mass is 32.1. The van der Waals surface area contributed by atoms with Crippen LogP contribution in [0.15, 0.2) is 36.4 Å². The van der Waals surface area contributed by atoms with Crippen LogP contribution in [0.1, 0.15) is 29.2 Å². The van der Waals surface area contributed by atoms with Gasteiger partial charge in [-0.15, -0.1) is 11.3 Å². The summed E-state index contributed by atoms with van der Waals surface area (Å²) < 4.78 is 37.2. The maximum absolute atomic E-state index is 15.3. The molecule has 1 fully saturated rings. The minimum atomic E-state index is -0.425. The molecule has 0 saturated heterocycles. The minimum absolute atomic E-state index is 0.104. The summed E-state index contributed by atoms with van der Waals surface area (Å²) in [6.45, 7) is 0.212. The van der Waals surface area contributed by atoms with Gasteiger partial charge < -0.3 is 18.9 Å². The molecule has 1 aromatic heterocycles. The summed E-state index contributed by atoms with van der Waals surface area (Å²) in [7, 11) is 4.51. The monoisotopic (exact) mass is 430 g/mol. The topological polar surface area (TPSA) is 54.0 Å². The molecule has 0 amide bonds. The molecule has 1 aliphatic rings. The Kier molecular flexibility index (Phi) is 5.81. The van der Waals surface area contributed by atoms with Crippen LogP contribution in [0.25, 0.3) is 10.1 Å². The molecule has 3 aromatic rings. The van der Waals surface area contributed by atoms with Gasteiger partial charge in [0.2, 0.25) is 0 Å². The van der Waals surface area contributed by atoms with Gasteiger partial charge in [0.1, 0.15) is 12.4 Å². The standard InChI is InChI=1S/C23H23FO5S/c1-26-15-6-4-13(5-7-15)12-29-23-18(27-2)11-20-17(22(23)24)10-19(30-20)16-8-14(16)9-21(25)28-3/h4-7,10-11,14,16H,8-9,12H2,1-3H3. The molecule has 0 bridgehead atoms. The number of thiophene rings is 1. The van der Waals surface area contributed by atoms with Crippen molar-refractivity contribution < 1.29 is 28.1 Å². The van der Waals surface area contributed by atoms with Crippen LogP contribution < -0.4 is 14.2 Å². The number of hydrogen-bond donors (Lipinski definition) is 0. The number of esters is 1. The van der Waals surface area contributed by atoms with E-state index >= 15 is 4.39 Å². The molecular weight excluding hydrogens is 407 g/mol. The first-order valence-electron chi connectivity index (χ1n) is 9.66. The van der Waals surface area contributed by atoms with Crippen molar-refractivity contribution in [3.05, 3.63) is 52.7 Å². The molecule has 1 saturated carbocycles. The van der Waals surface area contributed by atoms with Gasteiger partial charge >= 0.3 is 5.97 Å². The first kappa shape index (κ1) is 20.5. The van der Waals surface area contributed by atoms with Crippen LogP contribution in [0.3, 0.4) is 0 Å². The van der Waals surface area contributed by atoms with Gasteiger partial charge in [-0.05, 0) is 42.0 Å². The summed E-state index contributed by atoms with van der Waals surface area (Å²) in [5.41, 5.74) is 0.895. The molecule has 0 spiro atoms. The van der Waals surface area contributed by atoms with Gasteiger partial charge in [-0.1, -0.05) is 12.1 Å². The first-order valence-corrected chi connectivity index (χ1v) is 10.5. The normalized spacial score (nSPS) is 17.6. The van der Waals surface area contributed by atoms with Crippen molar-refractivity contribution in [2.45, 2.75) is 25.4 Å². The number of carbonyl (C=O) groups is 1. The molecule has 5 nitrogen and oxygen atoms in total. The molecule has 4 rings (SSSR count). The van der Waals surface area contributed by atoms with Gasteiger partial charge in [0.25, 0.3) is 0 Å². The number of fused-ring (bicyclic) bond motifs is 1. The van der Waals surface area contributed by atoms with E-state index in [9.17, 15) is 4.79 Å². The lowest BCUT2D eigenvalue weighted by atomic mass is 10.1. The second-order valence-corrected chi connectivity index (χ2v) is 8.42. The smallest absolute Gasteiger partial charge is 0.305 e. The number of halogens is 1. The quantitative estimate of drug-likeness (QED) is 0.454. The third-order valence-electron chi connectivity index (χ3n) is 5.41. The lowest BCUT2D eigenvalue weighted by molar-refractivity contribution is -0.141. The van der Waals surface area contributed by atoms with Crippen LogP contribution in [-0.2, 0) is 16.1 Å². The number of rotatable bonds is 8. The van der Waals surface area contributed by atoms with Crippen LogP contribution >= 0.6 is 11.3 Å². The van der Waals surface area contributed by atoms with Crippen LogP contribution in [0.2, 0.25) is 0 Å². The minimum Gasteiger partial charge on any atom is -0.497 e. The SMILES string of the molecule is COC(=O)CC1CC1c1cc2c(F)c(OCc3ccc(OC)cc3)c(OC)cc2s1. The van der Waals surface area contributed by atoms with Crippen molar-refractivity contribution in [2.75, 3.05) is 21.3 Å². The average Bonchev–Trinajstić information content (AvgIpc) is 3.39. The van der Waals surface area contributed by atoms with Gasteiger partial charge in [0, 0.05) is 27.5 Å². The van der Waals surface area contributed by atoms with Crippen molar-refractivity contribution in [3.63, 3.8) is 0 Å². The molecule has 0 radical (unpaired) electrons. The molecular formula is C23H23FO5S. The Bertz CT molecular complexity index is 1060. The Morgan fingerprint density at radius 2 is 1.90 bits per heavy atom. The van der Waals surface area contributed by atoms with Crippen molar-refractivity contribution in [3.8, 4) is 17.2 Å². The summed E-state index contributed by atoms with van der Waals surface area (Å²) in [6, 6.07) is 11.1. The number of carbonyl (C=O) groups excluding carboxylic acids is 1. The van der Waals surface area contributed by atoms with E-state index in [1.807, 2.05) is 36.4 Å². The van der Waals surface area contributed by atoms with Gasteiger partial charge in [0.15, 0.2) is 17.3 Å². The second-order valence-electron chi connectivity index (χ2n) is 7.30. The highest BCUT2D eigenvalue weighted by Gasteiger charge is 2.41. The fraction of sp³-hybridized carbons (Fsp3) is 0.348. The maximum atomic E-state index is 15.3. The summed E-state index contributed by atoms with van der Waals surface area (Å²) in [6.07, 6.45) is 1.32. The Balaban J connectivity index is 1.56. The summed E-state index contributed by atoms with van der Waals surface area (Å²) in [5.74, 6) is 1.13. The lowest BCUT2D eigenvalue weighted by Crippen LogP contribution is -2.01. The number of ether oxygens (including phenoxy) is 4. The second kappa shape index (κ2) is 8.52. The Morgan fingerprint density at radius 3 is 2.57 bits per heavy atom. The van der Waals surface area contributed by atoms with Gasteiger partial charge in [0.05, 0.1) is 21.3 Å². The van der Waals surface area contributed by atoms with E-state index < -0.39 is 5.82 Å². The maximum Gasteiger partial charge on any atom is 0.305 e. The predicted octanol–water partition coefficient (Wildman–Crippen LogP) is 5.30. The Hall–Kier alpha value is -2.80. The summed E-state index contributed by atoms with van der Waals surface area (Å²) in [5, 5.41) is 0.518. The molecule has 30 heavy (non-hydrogen) atoms. The number of hydrogen-bond acceptors (Lipinski definition) is 6. The van der Waals surface area contributed by atoms with Gasteiger partial charge in [-0.2, -0.15) is 0 Å². The number of methoxy groups -OCH3 is 3. The molecule has 7 heteroatoms. The van der Waals surface area contributed by atoms with E-state index in [1.165, 1.54) is 25.6 Å². The van der Waals surface area contributed by atoms with Crippen molar-refractivity contribution in [2.24, 2.45) is 5.92 Å². The van der Waals surface area contributed by atoms with Crippen LogP contribution in [0.5, 0.6) is 17.2 Å². The van der Waals surface area contributed by atoms with E-state index in [0.29, 0.717) is 17.6 Å². The van der Waals surface area contributed by atoms with Crippen molar-refractivity contribution in [1.29, 1.82) is 0 Å². The zero-order valence-electron chi connectivity index (χ0n) is 17.1. The summed E-state index contributed by atoms with van der Waals surface area (Å²) in [4.78, 5) is 12.6. The van der Waals surface area contributed by atoms with E-state index in [0.717, 1.165) is 27.3 Å². The zero-order chi connectivity index (χ0) is 21.3. The molecule has 2 unspecified atom stereocenters. The molecule has 158 valence electrons. The van der Waals surface area contributed by atoms with Crippen LogP contribution in [-0.4, -0.2) is 27.3 Å². The number of benzene rings is 2. The summed E-state index contributed by atoms with van der Waals surface area (Å²) >= 11 is 1.54. The zero-order valence-corrected chi connectivity index (χ0v) is 17.9. The molecule has 2 aromatic carbocycles. The molecule has 0 N–H and O–H groups in total. The lowest BCUT2D eigenvalue weighted by Gasteiger charge is -2.12. The van der Waals surface area contributed by atoms with E-state index in [2.05, 4.69) is 0 Å². The fourth-order valence-corrected chi connectivity index (χ4v) is 4.88. The fourth-order valence-electron chi connectivity index (χ4n) is 3.58. The van der Waals surface area contributed by atoms with E-state index in [1.54, 1.807) is 7.11 Å². The van der Waals surface area contributed by atoms with Crippen molar-refractivity contribution >= 4 is 27.4 Å². The highest BCUT2D eigenvalue weighted by Crippen LogP contribution is 2.53. The largest absolute Gasteiger partial charge is 0.497 e.